The van der Waals surface area contributed by atoms with Crippen LogP contribution in [0.25, 0.3) is 0 Å². The second kappa shape index (κ2) is 5.73. The zero-order valence-electron chi connectivity index (χ0n) is 11.6. The van der Waals surface area contributed by atoms with Crippen molar-refractivity contribution < 1.29 is 13.2 Å². The van der Waals surface area contributed by atoms with E-state index >= 15 is 0 Å². The predicted octanol–water partition coefficient (Wildman–Crippen LogP) is 1.71. The van der Waals surface area contributed by atoms with E-state index in [1.54, 1.807) is 23.0 Å². The zero-order valence-corrected chi connectivity index (χ0v) is 13.1. The lowest BCUT2D eigenvalue weighted by Crippen LogP contribution is -2.45. The summed E-state index contributed by atoms with van der Waals surface area (Å²) in [4.78, 5) is 11.9. The molecule has 8 heteroatoms. The number of nitrogens with zero attached hydrogens (tertiary/aromatic N) is 2. The number of halogens is 1. The van der Waals surface area contributed by atoms with Gasteiger partial charge in [-0.3, -0.25) is 9.48 Å². The lowest BCUT2D eigenvalue weighted by molar-refractivity contribution is -0.116. The number of amides is 1. The summed E-state index contributed by atoms with van der Waals surface area (Å²) in [7, 11) is -3.24. The molecule has 1 aromatic carbocycles. The lowest BCUT2D eigenvalue weighted by Gasteiger charge is -2.24. The summed E-state index contributed by atoms with van der Waals surface area (Å²) in [5.41, 5.74) is 1.51. The van der Waals surface area contributed by atoms with Crippen molar-refractivity contribution >= 4 is 33.0 Å². The largest absolute Gasteiger partial charge is 0.322 e. The van der Waals surface area contributed by atoms with E-state index < -0.39 is 21.0 Å². The molecule has 1 atom stereocenters. The maximum atomic E-state index is 11.9. The summed E-state index contributed by atoms with van der Waals surface area (Å²) in [6.45, 7) is 0.536. The highest BCUT2D eigenvalue weighted by molar-refractivity contribution is 7.94. The molecule has 2 heterocycles. The van der Waals surface area contributed by atoms with Crippen LogP contribution in [0.5, 0.6) is 0 Å². The molecule has 0 bridgehead atoms. The number of nitrogens with one attached hydrogen (secondary N) is 1. The smallest absolute Gasteiger partial charge is 0.242 e. The van der Waals surface area contributed by atoms with Crippen LogP contribution in [0.1, 0.15) is 12.0 Å². The molecule has 0 saturated carbocycles. The van der Waals surface area contributed by atoms with Gasteiger partial charge in [0.2, 0.25) is 5.91 Å². The first-order valence-electron chi connectivity index (χ1n) is 6.73. The molecule has 0 spiro atoms. The Morgan fingerprint density at radius 3 is 2.68 bits per heavy atom. The first-order valence-corrected chi connectivity index (χ1v) is 8.83. The topological polar surface area (TPSA) is 81.1 Å². The van der Waals surface area contributed by atoms with Gasteiger partial charge in [0.1, 0.15) is 5.25 Å². The van der Waals surface area contributed by atoms with E-state index in [1.165, 1.54) is 6.20 Å². The normalized spacial score (nSPS) is 19.4. The van der Waals surface area contributed by atoms with Gasteiger partial charge in [0.05, 0.1) is 24.2 Å². The number of aromatic nitrogens is 2. The van der Waals surface area contributed by atoms with Crippen LogP contribution < -0.4 is 5.32 Å². The molecule has 1 saturated heterocycles. The molecule has 1 aliphatic heterocycles. The van der Waals surface area contributed by atoms with E-state index in [1.807, 2.05) is 12.1 Å². The molecule has 1 fully saturated rings. The highest BCUT2D eigenvalue weighted by atomic mass is 35.5. The molecule has 1 aromatic heterocycles. The molecule has 2 aromatic rings. The van der Waals surface area contributed by atoms with Gasteiger partial charge in [-0.05, 0) is 24.1 Å². The number of hydrogen-bond donors (Lipinski definition) is 1. The van der Waals surface area contributed by atoms with Crippen LogP contribution in [0, 0.1) is 0 Å². The number of carbonyl (C=O) groups is 1. The number of anilines is 1. The van der Waals surface area contributed by atoms with Crippen molar-refractivity contribution in [2.75, 3.05) is 11.1 Å². The van der Waals surface area contributed by atoms with E-state index in [-0.39, 0.29) is 5.75 Å². The van der Waals surface area contributed by atoms with Crippen molar-refractivity contribution in [1.29, 1.82) is 0 Å². The van der Waals surface area contributed by atoms with E-state index in [0.29, 0.717) is 23.7 Å². The van der Waals surface area contributed by atoms with Crippen molar-refractivity contribution in [2.24, 2.45) is 0 Å². The molecule has 3 rings (SSSR count). The van der Waals surface area contributed by atoms with E-state index in [0.717, 1.165) is 5.56 Å². The minimum Gasteiger partial charge on any atom is -0.322 e. The molecule has 6 nitrogen and oxygen atoms in total. The summed E-state index contributed by atoms with van der Waals surface area (Å²) >= 11 is 5.83. The van der Waals surface area contributed by atoms with Crippen LogP contribution in [0.3, 0.4) is 0 Å². The quantitative estimate of drug-likeness (QED) is 0.919. The van der Waals surface area contributed by atoms with Crippen LogP contribution in [-0.4, -0.2) is 35.1 Å². The van der Waals surface area contributed by atoms with E-state index in [4.69, 9.17) is 11.6 Å². The summed E-state index contributed by atoms with van der Waals surface area (Å²) in [5, 5.41) is 6.48. The summed E-state index contributed by atoms with van der Waals surface area (Å²) in [5.74, 6) is -0.404. The number of benzene rings is 1. The van der Waals surface area contributed by atoms with Gasteiger partial charge in [-0.2, -0.15) is 5.10 Å². The maximum absolute atomic E-state index is 11.9. The molecule has 1 unspecified atom stereocenters. The van der Waals surface area contributed by atoms with Crippen molar-refractivity contribution in [2.45, 2.75) is 18.2 Å². The predicted molar refractivity (Wildman–Crippen MR) is 83.6 cm³/mol. The Kier molecular flexibility index (Phi) is 3.92. The van der Waals surface area contributed by atoms with Gasteiger partial charge in [0.25, 0.3) is 0 Å². The number of hydrogen-bond acceptors (Lipinski definition) is 4. The van der Waals surface area contributed by atoms with Crippen LogP contribution in [0.2, 0.25) is 5.02 Å². The monoisotopic (exact) mass is 339 g/mol. The van der Waals surface area contributed by atoms with Gasteiger partial charge in [-0.1, -0.05) is 23.7 Å². The number of rotatable bonds is 4. The maximum Gasteiger partial charge on any atom is 0.242 e. The Morgan fingerprint density at radius 1 is 1.36 bits per heavy atom. The third kappa shape index (κ3) is 3.15. The Balaban J connectivity index is 1.64. The van der Waals surface area contributed by atoms with Crippen molar-refractivity contribution in [3.05, 3.63) is 47.2 Å². The molecular weight excluding hydrogens is 326 g/mol. The van der Waals surface area contributed by atoms with Gasteiger partial charge in [0, 0.05) is 11.2 Å². The third-order valence-electron chi connectivity index (χ3n) is 3.55. The molecule has 1 N–H and O–H groups in total. The molecule has 116 valence electrons. The van der Waals surface area contributed by atoms with Crippen LogP contribution in [0.4, 0.5) is 5.69 Å². The summed E-state index contributed by atoms with van der Waals surface area (Å²) < 4.78 is 24.5. The molecule has 22 heavy (non-hydrogen) atoms. The average Bonchev–Trinajstić information content (AvgIpc) is 2.87. The summed E-state index contributed by atoms with van der Waals surface area (Å²) in [6.07, 6.45) is 3.55. The number of carbonyl (C=O) groups excluding carboxylic acids is 1. The molecule has 1 amide bonds. The third-order valence-corrected chi connectivity index (χ3v) is 5.92. The summed E-state index contributed by atoms with van der Waals surface area (Å²) in [6, 6.07) is 7.38. The van der Waals surface area contributed by atoms with Crippen molar-refractivity contribution in [3.8, 4) is 0 Å². The number of sulfone groups is 1. The second-order valence-electron chi connectivity index (χ2n) is 5.19. The molecule has 1 aliphatic rings. The standard InChI is InChI=1S/C14H14ClN3O3S/c15-11-3-1-10(2-4-11)8-18-9-12(7-16-18)17-14(19)13-5-6-22(13,20)21/h1-4,7,9,13H,5-6,8H2,(H,17,19). The van der Waals surface area contributed by atoms with Gasteiger partial charge >= 0.3 is 0 Å². The van der Waals surface area contributed by atoms with Gasteiger partial charge < -0.3 is 5.32 Å². The van der Waals surface area contributed by atoms with Gasteiger partial charge in [0.15, 0.2) is 9.84 Å². The fourth-order valence-electron chi connectivity index (χ4n) is 2.24. The first kappa shape index (κ1) is 15.1. The fourth-order valence-corrected chi connectivity index (χ4v) is 3.60. The highest BCUT2D eigenvalue weighted by Crippen LogP contribution is 2.22. The Labute approximate surface area is 133 Å². The van der Waals surface area contributed by atoms with Crippen LogP contribution >= 0.6 is 11.6 Å². The molecular formula is C14H14ClN3O3S. The minimum atomic E-state index is -3.24. The Morgan fingerprint density at radius 2 is 2.09 bits per heavy atom. The highest BCUT2D eigenvalue weighted by Gasteiger charge is 2.41. The van der Waals surface area contributed by atoms with Crippen LogP contribution in [-0.2, 0) is 21.2 Å². The Hall–Kier alpha value is -1.86. The Bertz CT molecular complexity index is 799. The van der Waals surface area contributed by atoms with Crippen molar-refractivity contribution in [1.82, 2.24) is 9.78 Å². The van der Waals surface area contributed by atoms with E-state index in [2.05, 4.69) is 10.4 Å². The SMILES string of the molecule is O=C(Nc1cnn(Cc2ccc(Cl)cc2)c1)C1CCS1(=O)=O. The molecule has 0 radical (unpaired) electrons. The fraction of sp³-hybridized carbons (Fsp3) is 0.286. The minimum absolute atomic E-state index is 0.0842. The molecule has 0 aliphatic carbocycles. The van der Waals surface area contributed by atoms with E-state index in [9.17, 15) is 13.2 Å². The van der Waals surface area contributed by atoms with Crippen LogP contribution in [0.15, 0.2) is 36.7 Å². The average molecular weight is 340 g/mol. The van der Waals surface area contributed by atoms with Crippen molar-refractivity contribution in [3.63, 3.8) is 0 Å². The second-order valence-corrected chi connectivity index (χ2v) is 7.93. The van der Waals surface area contributed by atoms with Gasteiger partial charge in [-0.25, -0.2) is 8.42 Å². The lowest BCUT2D eigenvalue weighted by atomic mass is 10.2. The van der Waals surface area contributed by atoms with Gasteiger partial charge in [-0.15, -0.1) is 0 Å². The first-order chi connectivity index (χ1) is 10.4. The zero-order chi connectivity index (χ0) is 15.7.